The first-order valence-corrected chi connectivity index (χ1v) is 6.35. The molecule has 2 rings (SSSR count). The Kier molecular flexibility index (Phi) is 3.87. The summed E-state index contributed by atoms with van der Waals surface area (Å²) in [6.07, 6.45) is 0.997. The maximum absolute atomic E-state index is 12.1. The summed E-state index contributed by atoms with van der Waals surface area (Å²) in [5.74, 6) is 0.190. The molecule has 0 aromatic heterocycles. The van der Waals surface area contributed by atoms with Crippen LogP contribution in [-0.4, -0.2) is 51.6 Å². The molecule has 0 spiro atoms. The molecule has 0 saturated carbocycles. The fraction of sp³-hybridized carbons (Fsp3) is 0.500. The van der Waals surface area contributed by atoms with Gasteiger partial charge in [0, 0.05) is 13.6 Å². The molecule has 0 atom stereocenters. The van der Waals surface area contributed by atoms with E-state index < -0.39 is 0 Å². The molecule has 0 fully saturated rings. The zero-order valence-electron chi connectivity index (χ0n) is 11.4. The second kappa shape index (κ2) is 5.40. The third-order valence-electron chi connectivity index (χ3n) is 3.24. The smallest absolute Gasteiger partial charge is 0.246 e. The predicted octanol–water partition coefficient (Wildman–Crippen LogP) is 1.42. The maximum Gasteiger partial charge on any atom is 0.246 e. The molecule has 0 N–H and O–H groups in total. The second-order valence-corrected chi connectivity index (χ2v) is 5.05. The quantitative estimate of drug-likeness (QED) is 0.805. The van der Waals surface area contributed by atoms with Crippen LogP contribution < -0.4 is 9.80 Å². The maximum atomic E-state index is 12.1. The Balaban J connectivity index is 2.14. The number of carbonyl (C=O) groups is 1. The lowest BCUT2D eigenvalue weighted by atomic mass is 10.1. The van der Waals surface area contributed by atoms with Gasteiger partial charge in [0.2, 0.25) is 5.91 Å². The number of nitrogens with zero attached hydrogens (tertiary/aromatic N) is 3. The summed E-state index contributed by atoms with van der Waals surface area (Å²) in [5.41, 5.74) is 2.18. The molecule has 1 amide bonds. The van der Waals surface area contributed by atoms with E-state index in [-0.39, 0.29) is 5.91 Å². The van der Waals surface area contributed by atoms with Gasteiger partial charge < -0.3 is 14.7 Å². The van der Waals surface area contributed by atoms with Crippen molar-refractivity contribution in [3.8, 4) is 0 Å². The van der Waals surface area contributed by atoms with Crippen LogP contribution in [0.25, 0.3) is 0 Å². The van der Waals surface area contributed by atoms with Crippen LogP contribution in [-0.2, 0) is 4.79 Å². The number of benzene rings is 1. The van der Waals surface area contributed by atoms with E-state index in [0.717, 1.165) is 30.9 Å². The summed E-state index contributed by atoms with van der Waals surface area (Å²) in [4.78, 5) is 18.2. The van der Waals surface area contributed by atoms with Crippen LogP contribution in [0.1, 0.15) is 6.42 Å². The third kappa shape index (κ3) is 2.64. The van der Waals surface area contributed by atoms with Gasteiger partial charge in [0.15, 0.2) is 0 Å². The minimum absolute atomic E-state index is 0.190. The number of amides is 1. The molecular weight excluding hydrogens is 226 g/mol. The number of para-hydroxylation sites is 2. The van der Waals surface area contributed by atoms with Crippen molar-refractivity contribution in [3.05, 3.63) is 24.3 Å². The van der Waals surface area contributed by atoms with Crippen molar-refractivity contribution in [1.82, 2.24) is 4.90 Å². The number of carbonyl (C=O) groups excluding carboxylic acids is 1. The number of anilines is 2. The van der Waals surface area contributed by atoms with Crippen molar-refractivity contribution < 1.29 is 4.79 Å². The van der Waals surface area contributed by atoms with Crippen LogP contribution in [0.5, 0.6) is 0 Å². The topological polar surface area (TPSA) is 26.8 Å². The highest BCUT2D eigenvalue weighted by atomic mass is 16.2. The first kappa shape index (κ1) is 12.9. The molecule has 1 aromatic carbocycles. The lowest BCUT2D eigenvalue weighted by Gasteiger charge is -2.35. The van der Waals surface area contributed by atoms with Gasteiger partial charge in [0.05, 0.1) is 17.9 Å². The van der Waals surface area contributed by atoms with Crippen LogP contribution in [0.4, 0.5) is 11.4 Å². The van der Waals surface area contributed by atoms with E-state index in [2.05, 4.69) is 25.1 Å². The van der Waals surface area contributed by atoms with E-state index in [9.17, 15) is 4.79 Å². The average Bonchev–Trinajstić information content (AvgIpc) is 2.33. The molecule has 98 valence electrons. The van der Waals surface area contributed by atoms with Gasteiger partial charge >= 0.3 is 0 Å². The van der Waals surface area contributed by atoms with Gasteiger partial charge in [0.1, 0.15) is 0 Å². The highest BCUT2D eigenvalue weighted by Gasteiger charge is 2.26. The Labute approximate surface area is 109 Å². The number of fused-ring (bicyclic) bond motifs is 1. The molecule has 1 aromatic rings. The summed E-state index contributed by atoms with van der Waals surface area (Å²) in [6, 6.07) is 8.10. The first-order valence-electron chi connectivity index (χ1n) is 6.35. The van der Waals surface area contributed by atoms with Gasteiger partial charge in [-0.2, -0.15) is 0 Å². The Morgan fingerprint density at radius 3 is 2.56 bits per heavy atom. The lowest BCUT2D eigenvalue weighted by molar-refractivity contribution is -0.117. The van der Waals surface area contributed by atoms with Crippen molar-refractivity contribution in [2.45, 2.75) is 6.42 Å². The van der Waals surface area contributed by atoms with Gasteiger partial charge in [-0.15, -0.1) is 0 Å². The monoisotopic (exact) mass is 247 g/mol. The minimum Gasteiger partial charge on any atom is -0.364 e. The largest absolute Gasteiger partial charge is 0.364 e. The number of hydrogen-bond donors (Lipinski definition) is 0. The number of likely N-dealkylation sites (N-methyl/N-ethyl adjacent to an activating group) is 1. The van der Waals surface area contributed by atoms with Crippen molar-refractivity contribution in [2.75, 3.05) is 50.6 Å². The van der Waals surface area contributed by atoms with Crippen molar-refractivity contribution in [2.24, 2.45) is 0 Å². The third-order valence-corrected chi connectivity index (χ3v) is 3.24. The highest BCUT2D eigenvalue weighted by molar-refractivity contribution is 6.03. The van der Waals surface area contributed by atoms with Gasteiger partial charge in [0.25, 0.3) is 0 Å². The minimum atomic E-state index is 0.190. The van der Waals surface area contributed by atoms with E-state index in [1.54, 1.807) is 0 Å². The molecule has 4 nitrogen and oxygen atoms in total. The zero-order chi connectivity index (χ0) is 13.1. The van der Waals surface area contributed by atoms with Gasteiger partial charge in [-0.3, -0.25) is 4.79 Å². The van der Waals surface area contributed by atoms with Crippen LogP contribution in [0.3, 0.4) is 0 Å². The molecule has 1 heterocycles. The molecule has 4 heteroatoms. The second-order valence-electron chi connectivity index (χ2n) is 5.05. The average molecular weight is 247 g/mol. The SMILES string of the molecule is CN(C)CCCN1C(=O)CN(C)c2ccccc21. The number of hydrogen-bond acceptors (Lipinski definition) is 3. The normalized spacial score (nSPS) is 15.2. The molecular formula is C14H21N3O. The van der Waals surface area contributed by atoms with E-state index in [0.29, 0.717) is 6.54 Å². The summed E-state index contributed by atoms with van der Waals surface area (Å²) in [5, 5.41) is 0. The zero-order valence-corrected chi connectivity index (χ0v) is 11.4. The Morgan fingerprint density at radius 1 is 1.22 bits per heavy atom. The van der Waals surface area contributed by atoms with Gasteiger partial charge in [-0.05, 0) is 39.2 Å². The van der Waals surface area contributed by atoms with Crippen LogP contribution >= 0.6 is 0 Å². The standard InChI is InChI=1S/C14H21N3O/c1-15(2)9-6-10-17-13-8-5-4-7-12(13)16(3)11-14(17)18/h4-5,7-8H,6,9-11H2,1-3H3. The van der Waals surface area contributed by atoms with Crippen LogP contribution in [0.2, 0.25) is 0 Å². The lowest BCUT2D eigenvalue weighted by Crippen LogP contribution is -2.45. The Morgan fingerprint density at radius 2 is 1.89 bits per heavy atom. The fourth-order valence-corrected chi connectivity index (χ4v) is 2.31. The summed E-state index contributed by atoms with van der Waals surface area (Å²) in [6.45, 7) is 2.27. The van der Waals surface area contributed by atoms with Gasteiger partial charge in [-0.25, -0.2) is 0 Å². The van der Waals surface area contributed by atoms with E-state index >= 15 is 0 Å². The summed E-state index contributed by atoms with van der Waals surface area (Å²) < 4.78 is 0. The summed E-state index contributed by atoms with van der Waals surface area (Å²) in [7, 11) is 6.08. The molecule has 0 bridgehead atoms. The summed E-state index contributed by atoms with van der Waals surface area (Å²) >= 11 is 0. The van der Waals surface area contributed by atoms with Crippen molar-refractivity contribution in [1.29, 1.82) is 0 Å². The molecule has 0 unspecified atom stereocenters. The van der Waals surface area contributed by atoms with Gasteiger partial charge in [-0.1, -0.05) is 12.1 Å². The highest BCUT2D eigenvalue weighted by Crippen LogP contribution is 2.32. The molecule has 18 heavy (non-hydrogen) atoms. The Hall–Kier alpha value is -1.55. The predicted molar refractivity (Wildman–Crippen MR) is 75.2 cm³/mol. The molecule has 0 aliphatic carbocycles. The van der Waals surface area contributed by atoms with Crippen LogP contribution in [0, 0.1) is 0 Å². The van der Waals surface area contributed by atoms with Crippen molar-refractivity contribution in [3.63, 3.8) is 0 Å². The number of rotatable bonds is 4. The van der Waals surface area contributed by atoms with Crippen LogP contribution in [0.15, 0.2) is 24.3 Å². The fourth-order valence-electron chi connectivity index (χ4n) is 2.31. The molecule has 0 radical (unpaired) electrons. The molecule has 1 aliphatic rings. The first-order chi connectivity index (χ1) is 8.59. The molecule has 0 saturated heterocycles. The van der Waals surface area contributed by atoms with E-state index in [4.69, 9.17) is 0 Å². The van der Waals surface area contributed by atoms with E-state index in [1.165, 1.54) is 0 Å². The Bertz CT molecular complexity index is 431. The van der Waals surface area contributed by atoms with Crippen molar-refractivity contribution >= 4 is 17.3 Å². The van der Waals surface area contributed by atoms with E-state index in [1.807, 2.05) is 35.0 Å². The molecule has 1 aliphatic heterocycles.